The lowest BCUT2D eigenvalue weighted by Gasteiger charge is -2.29. The predicted octanol–water partition coefficient (Wildman–Crippen LogP) is 2.79. The predicted molar refractivity (Wildman–Crippen MR) is 135 cm³/mol. The van der Waals surface area contributed by atoms with Crippen LogP contribution in [-0.2, 0) is 15.0 Å². The molecule has 3 aliphatic rings. The number of nitrogens with one attached hydrogen (secondary N) is 3. The van der Waals surface area contributed by atoms with Crippen molar-refractivity contribution in [1.29, 1.82) is 0 Å². The Kier molecular flexibility index (Phi) is 7.03. The Balaban J connectivity index is 1.54. The molecule has 0 bridgehead atoms. The van der Waals surface area contributed by atoms with Gasteiger partial charge in [-0.3, -0.25) is 14.4 Å². The third-order valence-electron chi connectivity index (χ3n) is 7.50. The quantitative estimate of drug-likeness (QED) is 0.169. The summed E-state index contributed by atoms with van der Waals surface area (Å²) in [7, 11) is 0. The molecule has 1 atom stereocenters. The van der Waals surface area contributed by atoms with Crippen molar-refractivity contribution in [3.63, 3.8) is 0 Å². The van der Waals surface area contributed by atoms with Crippen LogP contribution in [0.3, 0.4) is 0 Å². The van der Waals surface area contributed by atoms with E-state index in [1.54, 1.807) is 6.92 Å². The van der Waals surface area contributed by atoms with E-state index in [4.69, 9.17) is 4.74 Å². The number of fused-ring (bicyclic) bond motifs is 3. The summed E-state index contributed by atoms with van der Waals surface area (Å²) in [6.07, 6.45) is 6.55. The first-order chi connectivity index (χ1) is 17.5. The number of urea groups is 1. The number of carbonyl (C=O) groups is 4. The number of hydrogen-bond donors (Lipinski definition) is 5. The lowest BCUT2D eigenvalue weighted by molar-refractivity contribution is -0.123. The lowest BCUT2D eigenvalue weighted by atomic mass is 9.70. The average molecular weight is 512 g/mol. The van der Waals surface area contributed by atoms with Crippen LogP contribution in [0.2, 0.25) is 0 Å². The molecular weight excluding hydrogens is 478 g/mol. The lowest BCUT2D eigenvalue weighted by Crippen LogP contribution is -2.45. The highest BCUT2D eigenvalue weighted by Gasteiger charge is 2.56. The highest BCUT2D eigenvalue weighted by Crippen LogP contribution is 2.57. The van der Waals surface area contributed by atoms with Crippen molar-refractivity contribution in [3.05, 3.63) is 39.8 Å². The molecule has 1 aromatic rings. The highest BCUT2D eigenvalue weighted by atomic mass is 16.5. The zero-order chi connectivity index (χ0) is 27.1. The van der Waals surface area contributed by atoms with Gasteiger partial charge in [0, 0.05) is 36.5 Å². The number of amides is 2. The number of ketones is 3. The molecule has 0 spiro atoms. The zero-order valence-electron chi connectivity index (χ0n) is 21.5. The van der Waals surface area contributed by atoms with Gasteiger partial charge in [-0.05, 0) is 40.5 Å². The minimum absolute atomic E-state index is 0.0158. The molecule has 2 aliphatic carbocycles. The molecule has 198 valence electrons. The average Bonchev–Trinajstić information content (AvgIpc) is 3.14. The molecule has 2 amide bonds. The summed E-state index contributed by atoms with van der Waals surface area (Å²) in [5.74, 6) is -2.63. The Labute approximate surface area is 215 Å². The van der Waals surface area contributed by atoms with E-state index in [1.807, 2.05) is 0 Å². The van der Waals surface area contributed by atoms with E-state index in [2.05, 4.69) is 16.0 Å². The molecule has 1 heterocycles. The highest BCUT2D eigenvalue weighted by molar-refractivity contribution is 6.31. The molecule has 0 saturated heterocycles. The summed E-state index contributed by atoms with van der Waals surface area (Å²) < 4.78 is 5.76. The van der Waals surface area contributed by atoms with Crippen LogP contribution in [0, 0.1) is 6.92 Å². The van der Waals surface area contributed by atoms with Gasteiger partial charge in [0.2, 0.25) is 0 Å². The van der Waals surface area contributed by atoms with Gasteiger partial charge < -0.3 is 30.9 Å². The number of allylic oxidation sites excluding steroid dienone is 4. The van der Waals surface area contributed by atoms with Crippen molar-refractivity contribution in [2.24, 2.45) is 0 Å². The van der Waals surface area contributed by atoms with E-state index < -0.39 is 28.5 Å². The Morgan fingerprint density at radius 3 is 2.35 bits per heavy atom. The molecule has 1 saturated carbocycles. The Hall–Kier alpha value is -3.82. The fourth-order valence-corrected chi connectivity index (χ4v) is 5.36. The SMILES string of the molecule is CC(=O)c1c(O)c(C)c(O)c2c1OC1=CC(=O)/C(=C(/C)NCCNC(=O)NC3CCCCC3)C(=O)[C@@]12C. The van der Waals surface area contributed by atoms with Gasteiger partial charge in [0.15, 0.2) is 17.3 Å². The van der Waals surface area contributed by atoms with Crippen LogP contribution in [0.4, 0.5) is 4.79 Å². The van der Waals surface area contributed by atoms with Gasteiger partial charge in [-0.15, -0.1) is 0 Å². The molecule has 0 unspecified atom stereocenters. The number of ether oxygens (including phenoxy) is 1. The Morgan fingerprint density at radius 2 is 1.70 bits per heavy atom. The number of aromatic hydroxyl groups is 2. The second-order valence-electron chi connectivity index (χ2n) is 10.0. The minimum atomic E-state index is -1.56. The zero-order valence-corrected chi connectivity index (χ0v) is 21.5. The van der Waals surface area contributed by atoms with E-state index in [0.717, 1.165) is 25.7 Å². The van der Waals surface area contributed by atoms with Gasteiger partial charge >= 0.3 is 6.03 Å². The largest absolute Gasteiger partial charge is 0.507 e. The number of carbonyl (C=O) groups excluding carboxylic acids is 4. The van der Waals surface area contributed by atoms with Crippen molar-refractivity contribution in [1.82, 2.24) is 16.0 Å². The number of hydrogen-bond acceptors (Lipinski definition) is 8. The van der Waals surface area contributed by atoms with E-state index in [9.17, 15) is 29.4 Å². The number of Topliss-reactive ketones (excluding diaryl/α,β-unsaturated/α-hetero) is 2. The van der Waals surface area contributed by atoms with Crippen molar-refractivity contribution >= 4 is 23.4 Å². The summed E-state index contributed by atoms with van der Waals surface area (Å²) in [6, 6.07) is -0.0641. The van der Waals surface area contributed by atoms with Crippen molar-refractivity contribution in [2.75, 3.05) is 13.1 Å². The van der Waals surface area contributed by atoms with Crippen LogP contribution in [0.15, 0.2) is 23.1 Å². The van der Waals surface area contributed by atoms with Crippen molar-refractivity contribution < 1.29 is 34.1 Å². The molecule has 10 heteroatoms. The van der Waals surface area contributed by atoms with Crippen LogP contribution in [0.25, 0.3) is 0 Å². The maximum absolute atomic E-state index is 13.8. The monoisotopic (exact) mass is 511 g/mol. The third-order valence-corrected chi connectivity index (χ3v) is 7.50. The molecule has 10 nitrogen and oxygen atoms in total. The topological polar surface area (TPSA) is 154 Å². The summed E-state index contributed by atoms with van der Waals surface area (Å²) in [5, 5.41) is 30.1. The molecule has 1 aliphatic heterocycles. The Bertz CT molecular complexity index is 1260. The van der Waals surface area contributed by atoms with Gasteiger partial charge in [-0.1, -0.05) is 19.3 Å². The van der Waals surface area contributed by atoms with Crippen LogP contribution in [-0.4, -0.2) is 52.7 Å². The van der Waals surface area contributed by atoms with Gasteiger partial charge in [-0.2, -0.15) is 0 Å². The Morgan fingerprint density at radius 1 is 1.05 bits per heavy atom. The van der Waals surface area contributed by atoms with Gasteiger partial charge in [-0.25, -0.2) is 4.79 Å². The van der Waals surface area contributed by atoms with E-state index in [-0.39, 0.29) is 64.7 Å². The number of phenolic OH excluding ortho intramolecular Hbond substituents is 2. The first-order valence-electron chi connectivity index (χ1n) is 12.6. The van der Waals surface area contributed by atoms with Crippen molar-refractivity contribution in [2.45, 2.75) is 71.3 Å². The van der Waals surface area contributed by atoms with Crippen molar-refractivity contribution in [3.8, 4) is 17.2 Å². The molecule has 1 aromatic carbocycles. The maximum Gasteiger partial charge on any atom is 0.315 e. The molecule has 5 N–H and O–H groups in total. The fraction of sp³-hybridized carbons (Fsp3) is 0.481. The summed E-state index contributed by atoms with van der Waals surface area (Å²) >= 11 is 0. The summed E-state index contributed by atoms with van der Waals surface area (Å²) in [4.78, 5) is 51.1. The van der Waals surface area contributed by atoms with Crippen LogP contribution < -0.4 is 20.7 Å². The van der Waals surface area contributed by atoms with Gasteiger partial charge in [0.25, 0.3) is 0 Å². The van der Waals surface area contributed by atoms with Crippen LogP contribution >= 0.6 is 0 Å². The van der Waals surface area contributed by atoms with E-state index in [1.165, 1.54) is 33.3 Å². The van der Waals surface area contributed by atoms with Crippen LogP contribution in [0.5, 0.6) is 17.2 Å². The summed E-state index contributed by atoms with van der Waals surface area (Å²) in [5.41, 5.74) is -1.42. The molecular formula is C27H33N3O7. The third kappa shape index (κ3) is 4.45. The number of benzene rings is 1. The normalized spacial score (nSPS) is 22.4. The summed E-state index contributed by atoms with van der Waals surface area (Å²) in [6.45, 7) is 6.34. The van der Waals surface area contributed by atoms with Crippen LogP contribution in [0.1, 0.15) is 74.4 Å². The fourth-order valence-electron chi connectivity index (χ4n) is 5.36. The molecule has 0 radical (unpaired) electrons. The standard InChI is InChI=1S/C27H33N3O7/c1-13-22(33)20(15(3)31)24-21(23(13)34)27(4)18(37-24)12-17(32)19(25(27)35)14(2)28-10-11-29-26(36)30-16-8-6-5-7-9-16/h12,16,28,33-34H,5-11H2,1-4H3,(H2,29,30,36)/b19-14+/t27-/m0/s1. The molecule has 4 rings (SSSR count). The van der Waals surface area contributed by atoms with E-state index >= 15 is 0 Å². The van der Waals surface area contributed by atoms with Gasteiger partial charge in [0.1, 0.15) is 34.0 Å². The number of rotatable bonds is 6. The second-order valence-corrected chi connectivity index (χ2v) is 10.0. The van der Waals surface area contributed by atoms with E-state index in [0.29, 0.717) is 5.70 Å². The first kappa shape index (κ1) is 26.2. The molecule has 0 aromatic heterocycles. The maximum atomic E-state index is 13.8. The second kappa shape index (κ2) is 9.91. The smallest absolute Gasteiger partial charge is 0.315 e. The van der Waals surface area contributed by atoms with Gasteiger partial charge in [0.05, 0.1) is 11.1 Å². The first-order valence-corrected chi connectivity index (χ1v) is 12.6. The minimum Gasteiger partial charge on any atom is -0.507 e. The molecule has 1 fully saturated rings. The molecule has 37 heavy (non-hydrogen) atoms. The number of phenols is 2.